The molecule has 0 atom stereocenters. The molecule has 0 aliphatic carbocycles. The first-order valence-electron chi connectivity index (χ1n) is 14.3. The maximum absolute atomic E-state index is 14.1. The highest BCUT2D eigenvalue weighted by atomic mass is 19.1. The summed E-state index contributed by atoms with van der Waals surface area (Å²) in [5, 5.41) is 9.50. The molecule has 5 aromatic rings. The number of rotatable bonds is 11. The molecule has 0 saturated carbocycles. The van der Waals surface area contributed by atoms with E-state index >= 15 is 0 Å². The number of anilines is 1. The standard InChI is InChI=1S/C35H32F2N2O6/c1-4-38(26-14-24(36)13-25(37)15-26)35(42)32-20-39(27-16-29(43-2)18-30(17-27)44-3)33-19-28(9-10-31(33)34(32)41)45-12-11-22-5-7-23(21-40)8-6-22/h5-10,13-20,40H,4,11-12,21H2,1-3H3. The van der Waals surface area contributed by atoms with Crippen molar-refractivity contribution < 1.29 is 32.9 Å². The smallest absolute Gasteiger partial charge is 0.263 e. The summed E-state index contributed by atoms with van der Waals surface area (Å²) in [6.45, 7) is 2.04. The van der Waals surface area contributed by atoms with Gasteiger partial charge in [-0.05, 0) is 42.3 Å². The number of carbonyl (C=O) groups is 1. The van der Waals surface area contributed by atoms with Crippen LogP contribution in [0.2, 0.25) is 0 Å². The van der Waals surface area contributed by atoms with Gasteiger partial charge >= 0.3 is 0 Å². The number of ether oxygens (including phenoxy) is 3. The Bertz CT molecular complexity index is 1860. The number of aromatic nitrogens is 1. The molecule has 0 spiro atoms. The number of halogens is 2. The molecule has 5 rings (SSSR count). The highest BCUT2D eigenvalue weighted by molar-refractivity contribution is 6.07. The molecule has 4 aromatic carbocycles. The van der Waals surface area contributed by atoms with E-state index in [2.05, 4.69) is 0 Å². The lowest BCUT2D eigenvalue weighted by molar-refractivity contribution is 0.0987. The minimum absolute atomic E-state index is 0.0103. The minimum atomic E-state index is -0.842. The van der Waals surface area contributed by atoms with E-state index < -0.39 is 23.0 Å². The van der Waals surface area contributed by atoms with Gasteiger partial charge in [-0.15, -0.1) is 0 Å². The lowest BCUT2D eigenvalue weighted by Crippen LogP contribution is -2.35. The molecule has 0 bridgehead atoms. The fourth-order valence-corrected chi connectivity index (χ4v) is 5.07. The molecular weight excluding hydrogens is 582 g/mol. The zero-order valence-corrected chi connectivity index (χ0v) is 25.1. The lowest BCUT2D eigenvalue weighted by Gasteiger charge is -2.22. The van der Waals surface area contributed by atoms with Crippen LogP contribution < -0.4 is 24.5 Å². The Morgan fingerprint density at radius 2 is 1.49 bits per heavy atom. The molecule has 1 heterocycles. The number of nitrogens with zero attached hydrogens (tertiary/aromatic N) is 2. The molecule has 0 saturated heterocycles. The van der Waals surface area contributed by atoms with Crippen LogP contribution in [0.5, 0.6) is 17.2 Å². The Kier molecular flexibility index (Phi) is 9.44. The van der Waals surface area contributed by atoms with Crippen molar-refractivity contribution in [1.82, 2.24) is 4.57 Å². The Morgan fingerprint density at radius 1 is 0.844 bits per heavy atom. The van der Waals surface area contributed by atoms with Crippen molar-refractivity contribution >= 4 is 22.5 Å². The van der Waals surface area contributed by atoms with Gasteiger partial charge in [0.15, 0.2) is 0 Å². The van der Waals surface area contributed by atoms with Gasteiger partial charge < -0.3 is 28.8 Å². The fraction of sp³-hybridized carbons (Fsp3) is 0.200. The topological polar surface area (TPSA) is 90.2 Å². The quantitative estimate of drug-likeness (QED) is 0.194. The number of fused-ring (bicyclic) bond motifs is 1. The van der Waals surface area contributed by atoms with Gasteiger partial charge in [-0.1, -0.05) is 24.3 Å². The highest BCUT2D eigenvalue weighted by Crippen LogP contribution is 2.29. The third-order valence-corrected chi connectivity index (χ3v) is 7.41. The number of aliphatic hydroxyl groups excluding tert-OH is 1. The zero-order chi connectivity index (χ0) is 32.1. The van der Waals surface area contributed by atoms with Gasteiger partial charge in [-0.25, -0.2) is 8.78 Å². The molecule has 0 unspecified atom stereocenters. The number of hydrogen-bond acceptors (Lipinski definition) is 6. The summed E-state index contributed by atoms with van der Waals surface area (Å²) < 4.78 is 46.8. The molecule has 0 aliphatic rings. The van der Waals surface area contributed by atoms with Gasteiger partial charge in [0.2, 0.25) is 5.43 Å². The van der Waals surface area contributed by atoms with Crippen molar-refractivity contribution in [2.24, 2.45) is 0 Å². The normalized spacial score (nSPS) is 11.0. The number of benzene rings is 4. The molecule has 0 aliphatic heterocycles. The van der Waals surface area contributed by atoms with Crippen LogP contribution in [0.4, 0.5) is 14.5 Å². The van der Waals surface area contributed by atoms with Crippen molar-refractivity contribution in [3.63, 3.8) is 0 Å². The van der Waals surface area contributed by atoms with Gasteiger partial charge in [0.25, 0.3) is 5.91 Å². The van der Waals surface area contributed by atoms with Crippen LogP contribution in [0.3, 0.4) is 0 Å². The van der Waals surface area contributed by atoms with E-state index in [9.17, 15) is 23.5 Å². The third kappa shape index (κ3) is 6.81. The Balaban J connectivity index is 1.59. The number of amides is 1. The monoisotopic (exact) mass is 614 g/mol. The summed E-state index contributed by atoms with van der Waals surface area (Å²) >= 11 is 0. The first kappa shape index (κ1) is 31.2. The second-order valence-electron chi connectivity index (χ2n) is 10.2. The maximum atomic E-state index is 14.1. The number of hydrogen-bond donors (Lipinski definition) is 1. The second kappa shape index (κ2) is 13.6. The number of carbonyl (C=O) groups excluding carboxylic acids is 1. The average molecular weight is 615 g/mol. The first-order valence-corrected chi connectivity index (χ1v) is 14.3. The van der Waals surface area contributed by atoms with Crippen LogP contribution in [0.1, 0.15) is 28.4 Å². The van der Waals surface area contributed by atoms with Crippen LogP contribution in [0, 0.1) is 11.6 Å². The molecule has 8 nitrogen and oxygen atoms in total. The molecule has 1 N–H and O–H groups in total. The summed E-state index contributed by atoms with van der Waals surface area (Å²) in [5.41, 5.74) is 2.09. The van der Waals surface area contributed by atoms with Crippen molar-refractivity contribution in [3.05, 3.63) is 124 Å². The predicted octanol–water partition coefficient (Wildman–Crippen LogP) is 6.07. The summed E-state index contributed by atoms with van der Waals surface area (Å²) in [4.78, 5) is 28.8. The summed E-state index contributed by atoms with van der Waals surface area (Å²) in [6, 6.07) is 20.5. The number of aliphatic hydroxyl groups is 1. The molecule has 10 heteroatoms. The van der Waals surface area contributed by atoms with Gasteiger partial charge in [0.05, 0.1) is 38.6 Å². The molecule has 1 aromatic heterocycles. The SMILES string of the molecule is CCN(C(=O)c1cn(-c2cc(OC)cc(OC)c2)c2cc(OCCc3ccc(CO)cc3)ccc2c1=O)c1cc(F)cc(F)c1. The maximum Gasteiger partial charge on any atom is 0.263 e. The average Bonchev–Trinajstić information content (AvgIpc) is 3.04. The lowest BCUT2D eigenvalue weighted by atomic mass is 10.1. The highest BCUT2D eigenvalue weighted by Gasteiger charge is 2.24. The van der Waals surface area contributed by atoms with E-state index in [0.29, 0.717) is 47.5 Å². The van der Waals surface area contributed by atoms with Gasteiger partial charge in [0.1, 0.15) is 34.4 Å². The molecule has 1 amide bonds. The third-order valence-electron chi connectivity index (χ3n) is 7.41. The van der Waals surface area contributed by atoms with E-state index in [1.54, 1.807) is 47.9 Å². The zero-order valence-electron chi connectivity index (χ0n) is 25.1. The van der Waals surface area contributed by atoms with E-state index in [0.717, 1.165) is 28.2 Å². The van der Waals surface area contributed by atoms with E-state index in [1.807, 2.05) is 24.3 Å². The van der Waals surface area contributed by atoms with Crippen LogP contribution in [0.15, 0.2) is 89.9 Å². The largest absolute Gasteiger partial charge is 0.497 e. The number of methoxy groups -OCH3 is 2. The van der Waals surface area contributed by atoms with Crippen LogP contribution >= 0.6 is 0 Å². The summed E-state index contributed by atoms with van der Waals surface area (Å²) in [5.74, 6) is -0.938. The van der Waals surface area contributed by atoms with E-state index in [1.165, 1.54) is 20.4 Å². The summed E-state index contributed by atoms with van der Waals surface area (Å²) in [6.07, 6.45) is 2.02. The van der Waals surface area contributed by atoms with E-state index in [4.69, 9.17) is 14.2 Å². The Hall–Kier alpha value is -5.22. The first-order chi connectivity index (χ1) is 21.7. The van der Waals surface area contributed by atoms with Crippen LogP contribution in [-0.4, -0.2) is 43.0 Å². The van der Waals surface area contributed by atoms with Crippen molar-refractivity contribution in [3.8, 4) is 22.9 Å². The second-order valence-corrected chi connectivity index (χ2v) is 10.2. The minimum Gasteiger partial charge on any atom is -0.497 e. The predicted molar refractivity (Wildman–Crippen MR) is 168 cm³/mol. The molecule has 232 valence electrons. The molecule has 45 heavy (non-hydrogen) atoms. The molecular formula is C35H32F2N2O6. The number of pyridine rings is 1. The fourth-order valence-electron chi connectivity index (χ4n) is 5.07. The summed E-state index contributed by atoms with van der Waals surface area (Å²) in [7, 11) is 3.02. The Morgan fingerprint density at radius 3 is 2.09 bits per heavy atom. The van der Waals surface area contributed by atoms with Crippen molar-refractivity contribution in [2.75, 3.05) is 32.3 Å². The van der Waals surface area contributed by atoms with E-state index in [-0.39, 0.29) is 29.8 Å². The molecule has 0 radical (unpaired) electrons. The van der Waals surface area contributed by atoms with Gasteiger partial charge in [0, 0.05) is 60.6 Å². The van der Waals surface area contributed by atoms with Gasteiger partial charge in [-0.2, -0.15) is 0 Å². The van der Waals surface area contributed by atoms with Crippen LogP contribution in [0.25, 0.3) is 16.6 Å². The van der Waals surface area contributed by atoms with Crippen LogP contribution in [-0.2, 0) is 13.0 Å². The Labute approximate surface area is 258 Å². The van der Waals surface area contributed by atoms with Crippen molar-refractivity contribution in [1.29, 1.82) is 0 Å². The van der Waals surface area contributed by atoms with Crippen molar-refractivity contribution in [2.45, 2.75) is 20.0 Å². The van der Waals surface area contributed by atoms with Gasteiger partial charge in [-0.3, -0.25) is 9.59 Å². The molecule has 0 fully saturated rings.